The topological polar surface area (TPSA) is 46.9 Å². The zero-order chi connectivity index (χ0) is 18.8. The number of aryl methyl sites for hydroxylation is 1. The van der Waals surface area contributed by atoms with E-state index in [1.165, 1.54) is 0 Å². The molecule has 134 valence electrons. The standard InChI is InChI=1S/C21H22ClN3O/c1-13(2)20-18(12-23-25(20)17-10-8-16(22)9-11-17)21(26)24-19-7-5-6-14(3)15(19)4/h5-13H,1-4H3,(H,24,26). The van der Waals surface area contributed by atoms with E-state index in [-0.39, 0.29) is 11.8 Å². The predicted molar refractivity (Wildman–Crippen MR) is 107 cm³/mol. The molecular formula is C21H22ClN3O. The van der Waals surface area contributed by atoms with Crippen LogP contribution in [-0.4, -0.2) is 15.7 Å². The lowest BCUT2D eigenvalue weighted by molar-refractivity contribution is 0.102. The summed E-state index contributed by atoms with van der Waals surface area (Å²) in [5.74, 6) is -0.0184. The van der Waals surface area contributed by atoms with Crippen LogP contribution in [-0.2, 0) is 0 Å². The van der Waals surface area contributed by atoms with Gasteiger partial charge in [0.15, 0.2) is 0 Å². The zero-order valence-corrected chi connectivity index (χ0v) is 16.1. The molecule has 0 aliphatic rings. The molecule has 0 aliphatic carbocycles. The molecule has 1 amide bonds. The van der Waals surface area contributed by atoms with E-state index in [2.05, 4.69) is 24.3 Å². The lowest BCUT2D eigenvalue weighted by Crippen LogP contribution is -2.16. The van der Waals surface area contributed by atoms with E-state index in [9.17, 15) is 4.79 Å². The Morgan fingerprint density at radius 1 is 1.12 bits per heavy atom. The average molecular weight is 368 g/mol. The van der Waals surface area contributed by atoms with Crippen LogP contribution in [0.15, 0.2) is 48.7 Å². The Kier molecular flexibility index (Phi) is 5.14. The lowest BCUT2D eigenvalue weighted by Gasteiger charge is -2.14. The smallest absolute Gasteiger partial charge is 0.259 e. The molecule has 1 N–H and O–H groups in total. The van der Waals surface area contributed by atoms with Crippen LogP contribution >= 0.6 is 11.6 Å². The Morgan fingerprint density at radius 3 is 2.46 bits per heavy atom. The van der Waals surface area contributed by atoms with Gasteiger partial charge in [0.05, 0.1) is 23.1 Å². The summed E-state index contributed by atoms with van der Waals surface area (Å²) >= 11 is 5.98. The number of rotatable bonds is 4. The van der Waals surface area contributed by atoms with Gasteiger partial charge in [-0.1, -0.05) is 37.6 Å². The molecule has 3 aromatic rings. The van der Waals surface area contributed by atoms with Gasteiger partial charge in [0.1, 0.15) is 0 Å². The van der Waals surface area contributed by atoms with Gasteiger partial charge >= 0.3 is 0 Å². The molecule has 0 atom stereocenters. The quantitative estimate of drug-likeness (QED) is 0.660. The zero-order valence-electron chi connectivity index (χ0n) is 15.4. The highest BCUT2D eigenvalue weighted by atomic mass is 35.5. The molecule has 1 aromatic heterocycles. The number of hydrogen-bond donors (Lipinski definition) is 1. The van der Waals surface area contributed by atoms with Gasteiger partial charge in [-0.15, -0.1) is 0 Å². The third kappa shape index (κ3) is 3.51. The van der Waals surface area contributed by atoms with Crippen LogP contribution in [0.25, 0.3) is 5.69 Å². The van der Waals surface area contributed by atoms with Crippen LogP contribution in [0.4, 0.5) is 5.69 Å². The molecule has 26 heavy (non-hydrogen) atoms. The minimum Gasteiger partial charge on any atom is -0.322 e. The second kappa shape index (κ2) is 7.34. The van der Waals surface area contributed by atoms with Crippen LogP contribution in [0, 0.1) is 13.8 Å². The Labute approximate surface area is 158 Å². The van der Waals surface area contributed by atoms with Crippen molar-refractivity contribution >= 4 is 23.2 Å². The molecule has 3 rings (SSSR count). The number of carbonyl (C=O) groups is 1. The Bertz CT molecular complexity index is 942. The van der Waals surface area contributed by atoms with Crippen molar-refractivity contribution in [3.63, 3.8) is 0 Å². The van der Waals surface area contributed by atoms with Gasteiger partial charge in [-0.3, -0.25) is 4.79 Å². The van der Waals surface area contributed by atoms with Gasteiger partial charge in [-0.05, 0) is 61.2 Å². The van der Waals surface area contributed by atoms with Gasteiger partial charge in [-0.25, -0.2) is 4.68 Å². The summed E-state index contributed by atoms with van der Waals surface area (Å²) in [5.41, 5.74) is 5.36. The number of aromatic nitrogens is 2. The molecule has 0 saturated carbocycles. The Hall–Kier alpha value is -2.59. The first-order chi connectivity index (χ1) is 12.4. The summed E-state index contributed by atoms with van der Waals surface area (Å²) in [6.45, 7) is 8.14. The van der Waals surface area contributed by atoms with Crippen LogP contribution in [0.5, 0.6) is 0 Å². The SMILES string of the molecule is Cc1cccc(NC(=O)c2cnn(-c3ccc(Cl)cc3)c2C(C)C)c1C. The number of nitrogens with one attached hydrogen (secondary N) is 1. The molecule has 0 radical (unpaired) electrons. The number of amides is 1. The summed E-state index contributed by atoms with van der Waals surface area (Å²) in [6.07, 6.45) is 1.63. The summed E-state index contributed by atoms with van der Waals surface area (Å²) in [6, 6.07) is 13.3. The predicted octanol–water partition coefficient (Wildman–Crippen LogP) is 5.52. The van der Waals surface area contributed by atoms with Crippen molar-refractivity contribution in [2.24, 2.45) is 0 Å². The van der Waals surface area contributed by atoms with E-state index in [1.807, 2.05) is 56.3 Å². The minimum absolute atomic E-state index is 0.132. The summed E-state index contributed by atoms with van der Waals surface area (Å²) in [7, 11) is 0. The van der Waals surface area contributed by atoms with Crippen molar-refractivity contribution in [3.05, 3.63) is 76.1 Å². The normalized spacial score (nSPS) is 11.0. The monoisotopic (exact) mass is 367 g/mol. The van der Waals surface area contributed by atoms with Gasteiger partial charge in [0.2, 0.25) is 0 Å². The molecule has 0 saturated heterocycles. The van der Waals surface area contributed by atoms with Gasteiger partial charge in [0, 0.05) is 10.7 Å². The highest BCUT2D eigenvalue weighted by molar-refractivity contribution is 6.30. The number of anilines is 1. The maximum atomic E-state index is 12.9. The first-order valence-corrected chi connectivity index (χ1v) is 8.97. The molecule has 4 nitrogen and oxygen atoms in total. The van der Waals surface area contributed by atoms with Crippen LogP contribution < -0.4 is 5.32 Å². The number of halogens is 1. The van der Waals surface area contributed by atoms with E-state index in [0.717, 1.165) is 28.2 Å². The minimum atomic E-state index is -0.150. The van der Waals surface area contributed by atoms with Gasteiger partial charge < -0.3 is 5.32 Å². The highest BCUT2D eigenvalue weighted by Crippen LogP contribution is 2.26. The maximum absolute atomic E-state index is 12.9. The third-order valence-corrected chi connectivity index (χ3v) is 4.77. The second-order valence-electron chi connectivity index (χ2n) is 6.69. The fourth-order valence-electron chi connectivity index (χ4n) is 2.95. The lowest BCUT2D eigenvalue weighted by atomic mass is 10.0. The third-order valence-electron chi connectivity index (χ3n) is 4.52. The largest absolute Gasteiger partial charge is 0.322 e. The van der Waals surface area contributed by atoms with Gasteiger partial charge in [-0.2, -0.15) is 5.10 Å². The number of hydrogen-bond acceptors (Lipinski definition) is 2. The van der Waals surface area contributed by atoms with Crippen LogP contribution in [0.3, 0.4) is 0 Å². The van der Waals surface area contributed by atoms with Crippen molar-refractivity contribution in [3.8, 4) is 5.69 Å². The second-order valence-corrected chi connectivity index (χ2v) is 7.12. The molecule has 1 heterocycles. The first-order valence-electron chi connectivity index (χ1n) is 8.60. The van der Waals surface area contributed by atoms with Crippen molar-refractivity contribution in [1.82, 2.24) is 9.78 Å². The Morgan fingerprint density at radius 2 is 1.81 bits per heavy atom. The molecule has 0 bridgehead atoms. The average Bonchev–Trinajstić information content (AvgIpc) is 3.05. The molecule has 0 fully saturated rings. The van der Waals surface area contributed by atoms with E-state index >= 15 is 0 Å². The maximum Gasteiger partial charge on any atom is 0.259 e. The van der Waals surface area contributed by atoms with E-state index in [4.69, 9.17) is 11.6 Å². The molecule has 0 unspecified atom stereocenters. The molecular weight excluding hydrogens is 346 g/mol. The summed E-state index contributed by atoms with van der Waals surface area (Å²) < 4.78 is 1.80. The molecule has 2 aromatic carbocycles. The van der Waals surface area contributed by atoms with E-state index in [1.54, 1.807) is 10.9 Å². The first kappa shape index (κ1) is 18.2. The highest BCUT2D eigenvalue weighted by Gasteiger charge is 2.21. The summed E-state index contributed by atoms with van der Waals surface area (Å²) in [4.78, 5) is 12.9. The summed E-state index contributed by atoms with van der Waals surface area (Å²) in [5, 5.41) is 8.14. The van der Waals surface area contributed by atoms with E-state index < -0.39 is 0 Å². The number of nitrogens with zero attached hydrogens (tertiary/aromatic N) is 2. The Balaban J connectivity index is 1.98. The van der Waals surface area contributed by atoms with Crippen molar-refractivity contribution in [2.75, 3.05) is 5.32 Å². The molecule has 0 aliphatic heterocycles. The van der Waals surface area contributed by atoms with E-state index in [0.29, 0.717) is 10.6 Å². The van der Waals surface area contributed by atoms with Crippen molar-refractivity contribution in [2.45, 2.75) is 33.6 Å². The fourth-order valence-corrected chi connectivity index (χ4v) is 3.08. The van der Waals surface area contributed by atoms with Gasteiger partial charge in [0.25, 0.3) is 5.91 Å². The molecule has 0 spiro atoms. The van der Waals surface area contributed by atoms with Crippen molar-refractivity contribution < 1.29 is 4.79 Å². The molecule has 5 heteroatoms. The van der Waals surface area contributed by atoms with Crippen LogP contribution in [0.2, 0.25) is 5.02 Å². The van der Waals surface area contributed by atoms with Crippen molar-refractivity contribution in [1.29, 1.82) is 0 Å². The number of carbonyl (C=O) groups excluding carboxylic acids is 1. The van der Waals surface area contributed by atoms with Crippen LogP contribution in [0.1, 0.15) is 46.9 Å². The fraction of sp³-hybridized carbons (Fsp3) is 0.238. The number of benzene rings is 2.